The number of terminal acetylenes is 1. The van der Waals surface area contributed by atoms with Gasteiger partial charge in [-0.25, -0.2) is 9.97 Å². The number of anilines is 2. The lowest BCUT2D eigenvalue weighted by Gasteiger charge is -2.26. The molecule has 0 aliphatic carbocycles. The predicted molar refractivity (Wildman–Crippen MR) is 120 cm³/mol. The number of nitrogens with one attached hydrogen (secondary N) is 3. The first kappa shape index (κ1) is 20.0. The van der Waals surface area contributed by atoms with Crippen LogP contribution in [0.3, 0.4) is 0 Å². The third-order valence-electron chi connectivity index (χ3n) is 5.29. The maximum absolute atomic E-state index is 5.43. The summed E-state index contributed by atoms with van der Waals surface area (Å²) in [6.07, 6.45) is 8.62. The van der Waals surface area contributed by atoms with Crippen LogP contribution in [0.25, 0.3) is 22.6 Å². The summed E-state index contributed by atoms with van der Waals surface area (Å²) in [6, 6.07) is 6.28. The Labute approximate surface area is 184 Å². The van der Waals surface area contributed by atoms with E-state index < -0.39 is 0 Å². The highest BCUT2D eigenvalue weighted by atomic mass is 16.5. The summed E-state index contributed by atoms with van der Waals surface area (Å²) in [7, 11) is 1.55. The average Bonchev–Trinajstić information content (AvgIpc) is 3.46. The largest absolute Gasteiger partial charge is 0.491 e. The number of aromatic nitrogens is 6. The summed E-state index contributed by atoms with van der Waals surface area (Å²) < 4.78 is 10.8. The SMILES string of the molecule is C#Cc1ncc(OC)c(Nc2cn[nH]c2-c2nc3ccc(CN4CCOCC4)cc3[nH]2)n1. The molecule has 3 N–H and O–H groups in total. The number of ether oxygens (including phenoxy) is 2. The molecule has 0 unspecified atom stereocenters. The molecule has 1 fully saturated rings. The topological polar surface area (TPSA) is 117 Å². The van der Waals surface area contributed by atoms with Crippen molar-refractivity contribution in [3.63, 3.8) is 0 Å². The molecule has 1 aliphatic rings. The molecule has 0 atom stereocenters. The van der Waals surface area contributed by atoms with Crippen LogP contribution in [0.4, 0.5) is 11.5 Å². The molecule has 10 nitrogen and oxygen atoms in total. The van der Waals surface area contributed by atoms with Crippen molar-refractivity contribution in [3.05, 3.63) is 42.0 Å². The van der Waals surface area contributed by atoms with Crippen LogP contribution in [-0.2, 0) is 11.3 Å². The molecule has 0 bridgehead atoms. The van der Waals surface area contributed by atoms with Gasteiger partial charge >= 0.3 is 0 Å². The molecular formula is C22H22N8O2. The number of hydrogen-bond acceptors (Lipinski definition) is 8. The van der Waals surface area contributed by atoms with Crippen molar-refractivity contribution in [1.82, 2.24) is 35.0 Å². The van der Waals surface area contributed by atoms with Crippen molar-refractivity contribution in [3.8, 4) is 29.6 Å². The Hall–Kier alpha value is -3.94. The monoisotopic (exact) mass is 430 g/mol. The van der Waals surface area contributed by atoms with Gasteiger partial charge in [0.15, 0.2) is 17.4 Å². The van der Waals surface area contributed by atoms with Crippen molar-refractivity contribution in [2.45, 2.75) is 6.54 Å². The highest BCUT2D eigenvalue weighted by molar-refractivity contribution is 5.83. The molecule has 4 aromatic rings. The van der Waals surface area contributed by atoms with Crippen LogP contribution in [0.1, 0.15) is 11.4 Å². The minimum Gasteiger partial charge on any atom is -0.491 e. The van der Waals surface area contributed by atoms with Crippen LogP contribution >= 0.6 is 0 Å². The quantitative estimate of drug-likeness (QED) is 0.399. The van der Waals surface area contributed by atoms with Gasteiger partial charge in [0.1, 0.15) is 5.69 Å². The fraction of sp³-hybridized carbons (Fsp3) is 0.273. The molecule has 3 aromatic heterocycles. The Bertz CT molecular complexity index is 1280. The molecule has 1 saturated heterocycles. The van der Waals surface area contributed by atoms with Gasteiger partial charge in [-0.15, -0.1) is 6.42 Å². The van der Waals surface area contributed by atoms with E-state index >= 15 is 0 Å². The first-order valence-electron chi connectivity index (χ1n) is 10.2. The van der Waals surface area contributed by atoms with E-state index in [0.717, 1.165) is 43.9 Å². The van der Waals surface area contributed by atoms with Crippen molar-refractivity contribution in [2.75, 3.05) is 38.7 Å². The summed E-state index contributed by atoms with van der Waals surface area (Å²) in [6.45, 7) is 4.35. The minimum absolute atomic E-state index is 0.259. The average molecular weight is 430 g/mol. The third kappa shape index (κ3) is 3.99. The zero-order chi connectivity index (χ0) is 21.9. The summed E-state index contributed by atoms with van der Waals surface area (Å²) >= 11 is 0. The van der Waals surface area contributed by atoms with E-state index in [1.807, 2.05) is 6.07 Å². The van der Waals surface area contributed by atoms with Gasteiger partial charge < -0.3 is 19.8 Å². The van der Waals surface area contributed by atoms with E-state index in [9.17, 15) is 0 Å². The van der Waals surface area contributed by atoms with E-state index in [1.165, 1.54) is 11.8 Å². The van der Waals surface area contributed by atoms with E-state index in [-0.39, 0.29) is 5.82 Å². The van der Waals surface area contributed by atoms with E-state index in [1.54, 1.807) is 13.3 Å². The number of aromatic amines is 2. The maximum Gasteiger partial charge on any atom is 0.206 e. The van der Waals surface area contributed by atoms with Gasteiger partial charge in [-0.05, 0) is 23.6 Å². The van der Waals surface area contributed by atoms with Gasteiger partial charge in [0.05, 0.1) is 49.4 Å². The summed E-state index contributed by atoms with van der Waals surface area (Å²) in [5.41, 5.74) is 4.43. The first-order chi connectivity index (χ1) is 15.7. The van der Waals surface area contributed by atoms with Gasteiger partial charge in [0.2, 0.25) is 5.82 Å². The molecule has 1 aromatic carbocycles. The lowest BCUT2D eigenvalue weighted by atomic mass is 10.2. The van der Waals surface area contributed by atoms with E-state index in [4.69, 9.17) is 20.9 Å². The van der Waals surface area contributed by atoms with Crippen LogP contribution in [-0.4, -0.2) is 68.4 Å². The van der Waals surface area contributed by atoms with E-state index in [0.29, 0.717) is 28.8 Å². The van der Waals surface area contributed by atoms with Crippen molar-refractivity contribution < 1.29 is 9.47 Å². The molecule has 32 heavy (non-hydrogen) atoms. The second kappa shape index (κ2) is 8.66. The van der Waals surface area contributed by atoms with Crippen LogP contribution in [0, 0.1) is 12.3 Å². The zero-order valence-electron chi connectivity index (χ0n) is 17.6. The lowest BCUT2D eigenvalue weighted by Crippen LogP contribution is -2.35. The first-order valence-corrected chi connectivity index (χ1v) is 10.2. The number of rotatable bonds is 6. The second-order valence-corrected chi connectivity index (χ2v) is 7.36. The van der Waals surface area contributed by atoms with Gasteiger partial charge in [-0.3, -0.25) is 10.00 Å². The number of methoxy groups -OCH3 is 1. The minimum atomic E-state index is 0.259. The number of H-pyrrole nitrogens is 2. The Morgan fingerprint density at radius 3 is 2.94 bits per heavy atom. The Kier molecular flexibility index (Phi) is 5.41. The number of fused-ring (bicyclic) bond motifs is 1. The molecule has 10 heteroatoms. The van der Waals surface area contributed by atoms with E-state index in [2.05, 4.69) is 53.4 Å². The van der Waals surface area contributed by atoms with Gasteiger partial charge in [0, 0.05) is 19.6 Å². The number of benzene rings is 1. The normalized spacial score (nSPS) is 14.4. The van der Waals surface area contributed by atoms with Crippen molar-refractivity contribution in [2.24, 2.45) is 0 Å². The molecule has 0 radical (unpaired) electrons. The fourth-order valence-electron chi connectivity index (χ4n) is 3.66. The van der Waals surface area contributed by atoms with Crippen molar-refractivity contribution >= 4 is 22.5 Å². The number of morpholine rings is 1. The molecule has 5 rings (SSSR count). The fourth-order valence-corrected chi connectivity index (χ4v) is 3.66. The number of nitrogens with zero attached hydrogens (tertiary/aromatic N) is 5. The maximum atomic E-state index is 5.43. The summed E-state index contributed by atoms with van der Waals surface area (Å²) in [5.74, 6) is 4.26. The third-order valence-corrected chi connectivity index (χ3v) is 5.29. The predicted octanol–water partition coefficient (Wildman–Crippen LogP) is 2.31. The molecular weight excluding hydrogens is 408 g/mol. The standard InChI is InChI=1S/C22H22N8O2/c1-3-19-23-12-18(31-2)21(28-19)27-17-11-24-29-20(17)22-25-15-5-4-14(10-16(15)26-22)13-30-6-8-32-9-7-30/h1,4-5,10-12H,6-9,13H2,2H3,(H,24,29)(H,25,26)(H,23,27,28). The van der Waals surface area contributed by atoms with Gasteiger partial charge in [-0.2, -0.15) is 10.1 Å². The summed E-state index contributed by atoms with van der Waals surface area (Å²) in [5, 5.41) is 10.4. The van der Waals surface area contributed by atoms with Gasteiger partial charge in [0.25, 0.3) is 0 Å². The highest BCUT2D eigenvalue weighted by Gasteiger charge is 2.16. The molecule has 4 heterocycles. The van der Waals surface area contributed by atoms with Crippen LogP contribution in [0.15, 0.2) is 30.6 Å². The Morgan fingerprint density at radius 2 is 2.12 bits per heavy atom. The second-order valence-electron chi connectivity index (χ2n) is 7.36. The Morgan fingerprint density at radius 1 is 1.25 bits per heavy atom. The number of hydrogen-bond donors (Lipinski definition) is 3. The molecule has 0 amide bonds. The molecule has 1 aliphatic heterocycles. The molecule has 0 spiro atoms. The highest BCUT2D eigenvalue weighted by Crippen LogP contribution is 2.31. The smallest absolute Gasteiger partial charge is 0.206 e. The zero-order valence-corrected chi connectivity index (χ0v) is 17.6. The van der Waals surface area contributed by atoms with Crippen LogP contribution in [0.5, 0.6) is 5.75 Å². The lowest BCUT2D eigenvalue weighted by molar-refractivity contribution is 0.0342. The van der Waals surface area contributed by atoms with Crippen molar-refractivity contribution in [1.29, 1.82) is 0 Å². The molecule has 0 saturated carbocycles. The summed E-state index contributed by atoms with van der Waals surface area (Å²) in [4.78, 5) is 18.9. The molecule has 162 valence electrons. The Balaban J connectivity index is 1.42. The van der Waals surface area contributed by atoms with Gasteiger partial charge in [-0.1, -0.05) is 6.07 Å². The number of imidazole rings is 1. The van der Waals surface area contributed by atoms with Crippen LogP contribution < -0.4 is 10.1 Å². The van der Waals surface area contributed by atoms with Crippen LogP contribution in [0.2, 0.25) is 0 Å².